The number of pyridine rings is 1. The number of amides is 1. The summed E-state index contributed by atoms with van der Waals surface area (Å²) >= 11 is 0. The van der Waals surface area contributed by atoms with Crippen molar-refractivity contribution in [2.45, 2.75) is 19.1 Å². The summed E-state index contributed by atoms with van der Waals surface area (Å²) in [7, 11) is 1.80. The van der Waals surface area contributed by atoms with E-state index in [0.717, 1.165) is 17.7 Å². The first-order valence-corrected chi connectivity index (χ1v) is 10.7. The van der Waals surface area contributed by atoms with Gasteiger partial charge in [0.1, 0.15) is 17.4 Å². The second-order valence-electron chi connectivity index (χ2n) is 7.84. The molecule has 1 amide bonds. The van der Waals surface area contributed by atoms with Crippen LogP contribution in [0, 0.1) is 6.92 Å². The minimum Gasteiger partial charge on any atom is -0.452 e. The van der Waals surface area contributed by atoms with Crippen molar-refractivity contribution < 1.29 is 27.5 Å². The van der Waals surface area contributed by atoms with Crippen molar-refractivity contribution in [2.24, 2.45) is 7.05 Å². The number of aryl methyl sites for hydroxylation is 1. The van der Waals surface area contributed by atoms with E-state index in [4.69, 9.17) is 4.74 Å². The molecule has 4 aromatic rings. The van der Waals surface area contributed by atoms with Crippen molar-refractivity contribution in [3.05, 3.63) is 95.5 Å². The highest BCUT2D eigenvalue weighted by molar-refractivity contribution is 5.92. The van der Waals surface area contributed by atoms with Crippen LogP contribution in [0.1, 0.15) is 39.0 Å². The molecule has 0 bridgehead atoms. The van der Waals surface area contributed by atoms with E-state index in [1.54, 1.807) is 24.0 Å². The topological polar surface area (TPSA) is 104 Å². The summed E-state index contributed by atoms with van der Waals surface area (Å²) < 4.78 is 46.5. The van der Waals surface area contributed by atoms with Crippen LogP contribution >= 0.6 is 0 Å². The fourth-order valence-electron chi connectivity index (χ4n) is 3.53. The number of hydrogen-bond donors (Lipinski definition) is 1. The Labute approximate surface area is 203 Å². The van der Waals surface area contributed by atoms with Crippen LogP contribution in [-0.2, 0) is 22.8 Å². The van der Waals surface area contributed by atoms with E-state index < -0.39 is 36.3 Å². The van der Waals surface area contributed by atoms with E-state index in [1.807, 2.05) is 30.3 Å². The molecule has 4 rings (SSSR count). The summed E-state index contributed by atoms with van der Waals surface area (Å²) in [6.07, 6.45) is 0.738. The minimum atomic E-state index is -4.52. The zero-order valence-corrected chi connectivity index (χ0v) is 19.2. The lowest BCUT2D eigenvalue weighted by molar-refractivity contribution is -0.137. The van der Waals surface area contributed by atoms with Gasteiger partial charge in [0.2, 0.25) is 0 Å². The van der Waals surface area contributed by atoms with Crippen LogP contribution in [0.4, 0.5) is 13.2 Å². The molecule has 1 atom stereocenters. The van der Waals surface area contributed by atoms with Gasteiger partial charge in [0.25, 0.3) is 5.91 Å². The van der Waals surface area contributed by atoms with Crippen molar-refractivity contribution in [3.8, 4) is 5.82 Å². The van der Waals surface area contributed by atoms with Crippen molar-refractivity contribution in [3.63, 3.8) is 0 Å². The number of nitrogens with zero attached hydrogens (tertiary/aromatic N) is 5. The molecule has 3 heterocycles. The third-order valence-corrected chi connectivity index (χ3v) is 5.41. The van der Waals surface area contributed by atoms with Gasteiger partial charge >= 0.3 is 12.1 Å². The van der Waals surface area contributed by atoms with Gasteiger partial charge in [0.05, 0.1) is 17.5 Å². The first-order valence-electron chi connectivity index (χ1n) is 10.7. The molecule has 186 valence electrons. The lowest BCUT2D eigenvalue weighted by Gasteiger charge is -2.19. The number of rotatable bonds is 7. The molecule has 36 heavy (non-hydrogen) atoms. The molecule has 0 radical (unpaired) electrons. The predicted octanol–water partition coefficient (Wildman–Crippen LogP) is 3.39. The second-order valence-corrected chi connectivity index (χ2v) is 7.84. The second kappa shape index (κ2) is 10.0. The molecular formula is C24H21F3N6O3. The molecule has 9 nitrogen and oxygen atoms in total. The number of hydrogen-bond acceptors (Lipinski definition) is 6. The van der Waals surface area contributed by atoms with E-state index >= 15 is 0 Å². The first kappa shape index (κ1) is 24.6. The predicted molar refractivity (Wildman–Crippen MR) is 121 cm³/mol. The standard InChI is InChI=1S/C24H21F3N6O3/c1-15-18(13-30-33(15)19-9-8-17(12-29-19)24(25,26)27)23(35)36-14-20(34)31-21(16-6-4-3-5-7-16)22-28-10-11-32(22)2/h3-13,21H,14H2,1-2H3,(H,31,34)/t21-/m0/s1. The van der Waals surface area contributed by atoms with Crippen LogP contribution in [0.2, 0.25) is 0 Å². The summed E-state index contributed by atoms with van der Waals surface area (Å²) in [5, 5.41) is 6.84. The van der Waals surface area contributed by atoms with E-state index in [0.29, 0.717) is 17.7 Å². The Morgan fingerprint density at radius 1 is 1.08 bits per heavy atom. The monoisotopic (exact) mass is 498 g/mol. The Bertz CT molecular complexity index is 1360. The van der Waals surface area contributed by atoms with Gasteiger partial charge in [-0.15, -0.1) is 0 Å². The number of benzene rings is 1. The number of aromatic nitrogens is 5. The summed E-state index contributed by atoms with van der Waals surface area (Å²) in [4.78, 5) is 33.3. The molecule has 0 spiro atoms. The number of carbonyl (C=O) groups excluding carboxylic acids is 2. The van der Waals surface area contributed by atoms with E-state index in [1.165, 1.54) is 17.8 Å². The van der Waals surface area contributed by atoms with Gasteiger partial charge in [-0.2, -0.15) is 18.3 Å². The van der Waals surface area contributed by atoms with Gasteiger partial charge in [0.15, 0.2) is 12.4 Å². The Morgan fingerprint density at radius 3 is 2.44 bits per heavy atom. The zero-order chi connectivity index (χ0) is 25.9. The summed E-state index contributed by atoms with van der Waals surface area (Å²) in [5.41, 5.74) is 0.241. The lowest BCUT2D eigenvalue weighted by atomic mass is 10.1. The molecule has 12 heteroatoms. The number of imidazole rings is 1. The smallest absolute Gasteiger partial charge is 0.417 e. The normalized spacial score (nSPS) is 12.2. The van der Waals surface area contributed by atoms with Gasteiger partial charge in [-0.3, -0.25) is 4.79 Å². The first-order chi connectivity index (χ1) is 17.1. The lowest BCUT2D eigenvalue weighted by Crippen LogP contribution is -2.34. The van der Waals surface area contributed by atoms with E-state index in [9.17, 15) is 22.8 Å². The number of halogens is 3. The molecule has 0 saturated carbocycles. The summed E-state index contributed by atoms with van der Waals surface area (Å²) in [6, 6.07) is 10.7. The van der Waals surface area contributed by atoms with Crippen molar-refractivity contribution >= 4 is 11.9 Å². The maximum Gasteiger partial charge on any atom is 0.417 e. The molecule has 0 unspecified atom stereocenters. The molecule has 0 fully saturated rings. The molecule has 1 N–H and O–H groups in total. The molecule has 0 aliphatic carbocycles. The van der Waals surface area contributed by atoms with Gasteiger partial charge in [0, 0.05) is 25.6 Å². The van der Waals surface area contributed by atoms with Gasteiger partial charge < -0.3 is 14.6 Å². The van der Waals surface area contributed by atoms with Gasteiger partial charge in [-0.1, -0.05) is 30.3 Å². The third kappa shape index (κ3) is 5.27. The minimum absolute atomic E-state index is 0.0493. The quantitative estimate of drug-likeness (QED) is 0.392. The Hall–Kier alpha value is -4.48. The zero-order valence-electron chi connectivity index (χ0n) is 19.2. The molecule has 3 aromatic heterocycles. The fourth-order valence-corrected chi connectivity index (χ4v) is 3.53. The Balaban J connectivity index is 1.43. The molecule has 0 aliphatic rings. The van der Waals surface area contributed by atoms with Crippen LogP contribution in [0.3, 0.4) is 0 Å². The fraction of sp³-hybridized carbons (Fsp3) is 0.208. The molecule has 0 saturated heterocycles. The highest BCUT2D eigenvalue weighted by Gasteiger charge is 2.31. The van der Waals surface area contributed by atoms with Crippen molar-refractivity contribution in [1.29, 1.82) is 0 Å². The highest BCUT2D eigenvalue weighted by atomic mass is 19.4. The van der Waals surface area contributed by atoms with Gasteiger partial charge in [-0.25, -0.2) is 19.4 Å². The van der Waals surface area contributed by atoms with Crippen LogP contribution in [-0.4, -0.2) is 42.8 Å². The maximum absolute atomic E-state index is 12.8. The molecule has 1 aromatic carbocycles. The highest BCUT2D eigenvalue weighted by Crippen LogP contribution is 2.29. The van der Waals surface area contributed by atoms with Crippen molar-refractivity contribution in [1.82, 2.24) is 29.6 Å². The van der Waals surface area contributed by atoms with Crippen molar-refractivity contribution in [2.75, 3.05) is 6.61 Å². The maximum atomic E-state index is 12.8. The van der Waals surface area contributed by atoms with Gasteiger partial charge in [-0.05, 0) is 24.6 Å². The van der Waals surface area contributed by atoms with Crippen LogP contribution in [0.25, 0.3) is 5.82 Å². The average molecular weight is 498 g/mol. The van der Waals surface area contributed by atoms with E-state index in [2.05, 4.69) is 20.4 Å². The number of alkyl halides is 3. The Kier molecular flexibility index (Phi) is 6.86. The number of nitrogens with one attached hydrogen (secondary N) is 1. The largest absolute Gasteiger partial charge is 0.452 e. The van der Waals surface area contributed by atoms with Crippen LogP contribution in [0.5, 0.6) is 0 Å². The van der Waals surface area contributed by atoms with Crippen LogP contribution in [0.15, 0.2) is 67.3 Å². The number of esters is 1. The SMILES string of the molecule is Cc1c(C(=O)OCC(=O)N[C@@H](c2ccccc2)c2nccn2C)cnn1-c1ccc(C(F)(F)F)cn1. The van der Waals surface area contributed by atoms with E-state index in [-0.39, 0.29) is 11.4 Å². The molecule has 0 aliphatic heterocycles. The Morgan fingerprint density at radius 2 is 1.83 bits per heavy atom. The summed E-state index contributed by atoms with van der Waals surface area (Å²) in [5.74, 6) is -0.663. The van der Waals surface area contributed by atoms with Crippen LogP contribution < -0.4 is 5.32 Å². The average Bonchev–Trinajstić information content (AvgIpc) is 3.46. The number of ether oxygens (including phenoxy) is 1. The third-order valence-electron chi connectivity index (χ3n) is 5.41. The summed E-state index contributed by atoms with van der Waals surface area (Å²) in [6.45, 7) is 0.977. The number of carbonyl (C=O) groups is 2. The molecular weight excluding hydrogens is 477 g/mol.